The Balaban J connectivity index is 1.76. The number of aliphatic hydroxyl groups excluding tert-OH is 1. The summed E-state index contributed by atoms with van der Waals surface area (Å²) in [6, 6.07) is 2.31. The Morgan fingerprint density at radius 1 is 1.37 bits per heavy atom. The molecule has 2 atom stereocenters. The van der Waals surface area contributed by atoms with Gasteiger partial charge in [-0.15, -0.1) is 0 Å². The molecule has 1 aromatic heterocycles. The van der Waals surface area contributed by atoms with Crippen molar-refractivity contribution in [2.24, 2.45) is 5.92 Å². The highest BCUT2D eigenvalue weighted by Crippen LogP contribution is 2.28. The molecule has 1 aliphatic rings. The molecule has 0 bridgehead atoms. The van der Waals surface area contributed by atoms with Gasteiger partial charge >= 0.3 is 0 Å². The lowest BCUT2D eigenvalue weighted by atomic mass is 10.00. The second kappa shape index (κ2) is 6.58. The van der Waals surface area contributed by atoms with E-state index in [0.29, 0.717) is 6.54 Å². The van der Waals surface area contributed by atoms with E-state index in [-0.39, 0.29) is 12.1 Å². The van der Waals surface area contributed by atoms with Gasteiger partial charge in [0.15, 0.2) is 0 Å². The lowest BCUT2D eigenvalue weighted by molar-refractivity contribution is 0.137. The van der Waals surface area contributed by atoms with E-state index in [1.165, 1.54) is 31.2 Å². The molecule has 1 saturated carbocycles. The third-order valence-corrected chi connectivity index (χ3v) is 4.29. The Morgan fingerprint density at radius 2 is 2.05 bits per heavy atom. The first-order valence-electron chi connectivity index (χ1n) is 7.54. The third-order valence-electron chi connectivity index (χ3n) is 4.29. The summed E-state index contributed by atoms with van der Waals surface area (Å²) in [7, 11) is 0. The lowest BCUT2D eigenvalue weighted by Gasteiger charge is -2.19. The summed E-state index contributed by atoms with van der Waals surface area (Å²) in [4.78, 5) is 0. The SMILES string of the molecule is Cc1cc(C(C)NCC(O)CC2CCCC2)c(C)o1. The molecule has 0 radical (unpaired) electrons. The van der Waals surface area contributed by atoms with E-state index in [1.807, 2.05) is 13.8 Å². The summed E-state index contributed by atoms with van der Waals surface area (Å²) in [5, 5.41) is 13.5. The van der Waals surface area contributed by atoms with Crippen LogP contribution in [-0.4, -0.2) is 17.8 Å². The first-order valence-corrected chi connectivity index (χ1v) is 7.54. The summed E-state index contributed by atoms with van der Waals surface area (Å²) in [6.07, 6.45) is 6.00. The fourth-order valence-electron chi connectivity index (χ4n) is 3.22. The van der Waals surface area contributed by atoms with Crippen LogP contribution >= 0.6 is 0 Å². The molecule has 2 unspecified atom stereocenters. The minimum absolute atomic E-state index is 0.223. The summed E-state index contributed by atoms with van der Waals surface area (Å²) in [5.74, 6) is 2.67. The zero-order chi connectivity index (χ0) is 13.8. The van der Waals surface area contributed by atoms with Gasteiger partial charge < -0.3 is 14.8 Å². The second-order valence-electron chi connectivity index (χ2n) is 6.04. The molecule has 1 fully saturated rings. The Morgan fingerprint density at radius 3 is 2.63 bits per heavy atom. The van der Waals surface area contributed by atoms with Gasteiger partial charge in [0.1, 0.15) is 11.5 Å². The maximum Gasteiger partial charge on any atom is 0.105 e. The lowest BCUT2D eigenvalue weighted by Crippen LogP contribution is -2.30. The van der Waals surface area contributed by atoms with Crippen LogP contribution < -0.4 is 5.32 Å². The van der Waals surface area contributed by atoms with Crippen LogP contribution in [-0.2, 0) is 0 Å². The van der Waals surface area contributed by atoms with E-state index in [0.717, 1.165) is 23.9 Å². The molecule has 19 heavy (non-hydrogen) atoms. The van der Waals surface area contributed by atoms with Gasteiger partial charge in [-0.05, 0) is 39.2 Å². The average Bonchev–Trinajstić information content (AvgIpc) is 2.96. The smallest absolute Gasteiger partial charge is 0.105 e. The van der Waals surface area contributed by atoms with Gasteiger partial charge in [-0.1, -0.05) is 25.7 Å². The van der Waals surface area contributed by atoms with E-state index in [9.17, 15) is 5.11 Å². The highest BCUT2D eigenvalue weighted by atomic mass is 16.3. The molecule has 2 N–H and O–H groups in total. The van der Waals surface area contributed by atoms with Crippen LogP contribution in [0.25, 0.3) is 0 Å². The van der Waals surface area contributed by atoms with Crippen molar-refractivity contribution in [3.63, 3.8) is 0 Å². The summed E-state index contributed by atoms with van der Waals surface area (Å²) in [5.41, 5.74) is 1.20. The van der Waals surface area contributed by atoms with Gasteiger partial charge in [-0.25, -0.2) is 0 Å². The van der Waals surface area contributed by atoms with Crippen LogP contribution in [0.1, 0.15) is 62.2 Å². The van der Waals surface area contributed by atoms with Crippen molar-refractivity contribution in [2.45, 2.75) is 65.0 Å². The molecule has 1 heterocycles. The van der Waals surface area contributed by atoms with Crippen molar-refractivity contribution < 1.29 is 9.52 Å². The molecular formula is C16H27NO2. The van der Waals surface area contributed by atoms with Crippen molar-refractivity contribution in [1.29, 1.82) is 0 Å². The first kappa shape index (κ1) is 14.6. The molecule has 3 nitrogen and oxygen atoms in total. The maximum absolute atomic E-state index is 10.1. The highest BCUT2D eigenvalue weighted by Gasteiger charge is 2.19. The number of aryl methyl sites for hydroxylation is 2. The molecule has 1 aromatic rings. The van der Waals surface area contributed by atoms with Crippen molar-refractivity contribution in [2.75, 3.05) is 6.54 Å². The highest BCUT2D eigenvalue weighted by molar-refractivity contribution is 5.23. The predicted octanol–water partition coefficient (Wildman–Crippen LogP) is 3.49. The van der Waals surface area contributed by atoms with Gasteiger partial charge in [0.2, 0.25) is 0 Å². The molecule has 1 aliphatic carbocycles. The van der Waals surface area contributed by atoms with Crippen molar-refractivity contribution in [1.82, 2.24) is 5.32 Å². The minimum atomic E-state index is -0.223. The standard InChI is InChI=1S/C16H27NO2/c1-11-8-16(13(3)19-11)12(2)17-10-15(18)9-14-6-4-5-7-14/h8,12,14-15,17-18H,4-7,9-10H2,1-3H3. The molecule has 0 amide bonds. The summed E-state index contributed by atoms with van der Waals surface area (Å²) in [6.45, 7) is 6.76. The monoisotopic (exact) mass is 265 g/mol. The van der Waals surface area contributed by atoms with E-state index in [4.69, 9.17) is 4.42 Å². The third kappa shape index (κ3) is 4.08. The molecule has 3 heteroatoms. The van der Waals surface area contributed by atoms with Gasteiger partial charge in [0, 0.05) is 18.2 Å². The molecule has 0 spiro atoms. The van der Waals surface area contributed by atoms with Gasteiger partial charge in [0.05, 0.1) is 6.10 Å². The van der Waals surface area contributed by atoms with E-state index < -0.39 is 0 Å². The number of hydrogen-bond donors (Lipinski definition) is 2. The molecule has 108 valence electrons. The minimum Gasteiger partial charge on any atom is -0.466 e. The number of rotatable bonds is 6. The Labute approximate surface area is 116 Å². The largest absolute Gasteiger partial charge is 0.466 e. The average molecular weight is 265 g/mol. The summed E-state index contributed by atoms with van der Waals surface area (Å²) >= 11 is 0. The van der Waals surface area contributed by atoms with E-state index >= 15 is 0 Å². The van der Waals surface area contributed by atoms with Crippen LogP contribution in [0.3, 0.4) is 0 Å². The molecule has 0 aliphatic heterocycles. The van der Waals surface area contributed by atoms with Gasteiger partial charge in [-0.3, -0.25) is 0 Å². The summed E-state index contributed by atoms with van der Waals surface area (Å²) < 4.78 is 5.55. The Bertz CT molecular complexity index is 393. The first-order chi connectivity index (χ1) is 9.06. The Hall–Kier alpha value is -0.800. The number of aliphatic hydroxyl groups is 1. The quantitative estimate of drug-likeness (QED) is 0.827. The van der Waals surface area contributed by atoms with Gasteiger partial charge in [-0.2, -0.15) is 0 Å². The van der Waals surface area contributed by atoms with Crippen LogP contribution in [0.15, 0.2) is 10.5 Å². The van der Waals surface area contributed by atoms with Crippen LogP contribution in [0.5, 0.6) is 0 Å². The Kier molecular flexibility index (Phi) is 5.06. The predicted molar refractivity (Wildman–Crippen MR) is 77.2 cm³/mol. The normalized spacial score (nSPS) is 19.8. The number of nitrogens with one attached hydrogen (secondary N) is 1. The maximum atomic E-state index is 10.1. The van der Waals surface area contributed by atoms with Gasteiger partial charge in [0.25, 0.3) is 0 Å². The number of hydrogen-bond acceptors (Lipinski definition) is 3. The van der Waals surface area contributed by atoms with E-state index in [2.05, 4.69) is 18.3 Å². The molecule has 0 aromatic carbocycles. The molecular weight excluding hydrogens is 238 g/mol. The molecule has 0 saturated heterocycles. The molecule has 2 rings (SSSR count). The van der Waals surface area contributed by atoms with Crippen molar-refractivity contribution >= 4 is 0 Å². The zero-order valence-corrected chi connectivity index (χ0v) is 12.4. The zero-order valence-electron chi connectivity index (χ0n) is 12.4. The second-order valence-corrected chi connectivity index (χ2v) is 6.04. The van der Waals surface area contributed by atoms with Crippen LogP contribution in [0.2, 0.25) is 0 Å². The fourth-order valence-corrected chi connectivity index (χ4v) is 3.22. The topological polar surface area (TPSA) is 45.4 Å². The van der Waals surface area contributed by atoms with Crippen LogP contribution in [0.4, 0.5) is 0 Å². The number of furan rings is 1. The fraction of sp³-hybridized carbons (Fsp3) is 0.750. The van der Waals surface area contributed by atoms with Crippen molar-refractivity contribution in [3.8, 4) is 0 Å². The van der Waals surface area contributed by atoms with Crippen molar-refractivity contribution in [3.05, 3.63) is 23.2 Å². The van der Waals surface area contributed by atoms with Crippen LogP contribution in [0, 0.1) is 19.8 Å². The van der Waals surface area contributed by atoms with E-state index in [1.54, 1.807) is 0 Å².